The van der Waals surface area contributed by atoms with Crippen LogP contribution >= 0.6 is 22.6 Å². The van der Waals surface area contributed by atoms with E-state index in [1.807, 2.05) is 0 Å². The molecule has 0 aromatic carbocycles. The zero-order valence-electron chi connectivity index (χ0n) is 11.3. The molecule has 0 unspecified atom stereocenters. The Morgan fingerprint density at radius 3 is 2.90 bits per heavy atom. The van der Waals surface area contributed by atoms with Gasteiger partial charge in [0.1, 0.15) is 0 Å². The summed E-state index contributed by atoms with van der Waals surface area (Å²) in [6, 6.07) is 0. The van der Waals surface area contributed by atoms with Crippen molar-refractivity contribution >= 4 is 22.6 Å². The zero-order chi connectivity index (χ0) is 15.8. The van der Waals surface area contributed by atoms with Gasteiger partial charge in [-0.3, -0.25) is 14.3 Å². The van der Waals surface area contributed by atoms with Gasteiger partial charge in [-0.1, -0.05) is 19.0 Å². The van der Waals surface area contributed by atoms with E-state index in [2.05, 4.69) is 15.0 Å². The molecule has 0 radical (unpaired) electrons. The van der Waals surface area contributed by atoms with E-state index < -0.39 is 35.3 Å². The lowest BCUT2D eigenvalue weighted by Crippen LogP contribution is -2.36. The average molecular weight is 409 g/mol. The van der Waals surface area contributed by atoms with Gasteiger partial charge in [0.25, 0.3) is 5.56 Å². The van der Waals surface area contributed by atoms with Crippen molar-refractivity contribution in [3.8, 4) is 0 Å². The Labute approximate surface area is 132 Å². The van der Waals surface area contributed by atoms with Crippen molar-refractivity contribution in [3.63, 3.8) is 0 Å². The van der Waals surface area contributed by atoms with Gasteiger partial charge in [-0.05, 0) is 34.5 Å². The number of halogens is 2. The van der Waals surface area contributed by atoms with Crippen LogP contribution in [0.1, 0.15) is 26.5 Å². The summed E-state index contributed by atoms with van der Waals surface area (Å²) < 4.78 is 21.3. The van der Waals surface area contributed by atoms with Crippen molar-refractivity contribution in [3.05, 3.63) is 41.0 Å². The molecule has 0 amide bonds. The van der Waals surface area contributed by atoms with Crippen LogP contribution in [0, 0.1) is 9.49 Å². The van der Waals surface area contributed by atoms with Gasteiger partial charge in [-0.2, -0.15) is 0 Å². The fraction of sp³-hybridized carbons (Fsp3) is 0.636. The molecular formula is C11H13FIN5O3. The monoisotopic (exact) mass is 409 g/mol. The summed E-state index contributed by atoms with van der Waals surface area (Å²) in [5.41, 5.74) is 5.99. The maximum absolute atomic E-state index is 14.5. The first-order valence-electron chi connectivity index (χ1n) is 6.25. The third-order valence-electron chi connectivity index (χ3n) is 3.71. The topological polar surface area (TPSA) is 113 Å². The maximum atomic E-state index is 14.5. The lowest BCUT2D eigenvalue weighted by molar-refractivity contribution is -0.0878. The molecule has 21 heavy (non-hydrogen) atoms. The van der Waals surface area contributed by atoms with Crippen molar-refractivity contribution in [2.75, 3.05) is 0 Å². The molecule has 4 atom stereocenters. The standard InChI is InChI=1S/C11H13FIN5O3/c1-3-11(16-17-14)5(2)7(12)9(21-11)18-4-6(13)8(19)15-10(18)20/h4-5,7,9H,3H2,1-2H3,(H,15,19,20)/t5-,7-,9+,11+/m0/s1. The smallest absolute Gasteiger partial charge is 0.330 e. The number of H-pyrrole nitrogens is 1. The van der Waals surface area contributed by atoms with E-state index >= 15 is 0 Å². The van der Waals surface area contributed by atoms with Crippen molar-refractivity contribution in [2.45, 2.75) is 38.4 Å². The van der Waals surface area contributed by atoms with E-state index in [1.54, 1.807) is 36.4 Å². The second-order valence-electron chi connectivity index (χ2n) is 4.77. The van der Waals surface area contributed by atoms with E-state index in [9.17, 15) is 14.0 Å². The van der Waals surface area contributed by atoms with Crippen LogP contribution in [0.25, 0.3) is 10.4 Å². The summed E-state index contributed by atoms with van der Waals surface area (Å²) in [6.07, 6.45) is -1.30. The van der Waals surface area contributed by atoms with Crippen LogP contribution in [-0.4, -0.2) is 21.4 Å². The van der Waals surface area contributed by atoms with Crippen molar-refractivity contribution in [1.29, 1.82) is 0 Å². The van der Waals surface area contributed by atoms with E-state index in [0.717, 1.165) is 4.57 Å². The molecule has 1 aliphatic heterocycles. The number of alkyl halides is 1. The highest BCUT2D eigenvalue weighted by molar-refractivity contribution is 14.1. The van der Waals surface area contributed by atoms with Crippen LogP contribution in [0.3, 0.4) is 0 Å². The average Bonchev–Trinajstić information content (AvgIpc) is 2.69. The first-order chi connectivity index (χ1) is 9.86. The molecule has 1 aromatic heterocycles. The number of hydrogen-bond donors (Lipinski definition) is 1. The fourth-order valence-electron chi connectivity index (χ4n) is 2.40. The normalized spacial score (nSPS) is 31.9. The lowest BCUT2D eigenvalue weighted by atomic mass is 9.94. The molecule has 2 rings (SSSR count). The predicted molar refractivity (Wildman–Crippen MR) is 80.4 cm³/mol. The van der Waals surface area contributed by atoms with Gasteiger partial charge in [0, 0.05) is 17.0 Å². The second-order valence-corrected chi connectivity index (χ2v) is 5.94. The summed E-state index contributed by atoms with van der Waals surface area (Å²) in [6.45, 7) is 3.27. The molecule has 0 spiro atoms. The number of hydrogen-bond acceptors (Lipinski definition) is 4. The predicted octanol–water partition coefficient (Wildman–Crippen LogP) is 2.06. The van der Waals surface area contributed by atoms with Crippen LogP contribution in [0.5, 0.6) is 0 Å². The van der Waals surface area contributed by atoms with Gasteiger partial charge in [-0.15, -0.1) is 0 Å². The van der Waals surface area contributed by atoms with E-state index in [-0.39, 0.29) is 9.99 Å². The molecule has 0 saturated carbocycles. The van der Waals surface area contributed by atoms with Crippen molar-refractivity contribution < 1.29 is 9.13 Å². The number of aromatic amines is 1. The van der Waals surface area contributed by atoms with E-state index in [0.29, 0.717) is 0 Å². The van der Waals surface area contributed by atoms with Gasteiger partial charge >= 0.3 is 5.69 Å². The van der Waals surface area contributed by atoms with Crippen LogP contribution in [0.15, 0.2) is 20.9 Å². The van der Waals surface area contributed by atoms with Crippen LogP contribution in [-0.2, 0) is 4.74 Å². The SMILES string of the molecule is CC[C@@]1(N=[N+]=[N-])O[C@@H](n2cc(I)c(=O)[nH]c2=O)[C@@H](F)[C@@H]1C. The zero-order valence-corrected chi connectivity index (χ0v) is 13.4. The molecule has 1 saturated heterocycles. The second kappa shape index (κ2) is 5.78. The Bertz CT molecular complexity index is 713. The number of rotatable bonds is 3. The van der Waals surface area contributed by atoms with Crippen LogP contribution in [0.4, 0.5) is 4.39 Å². The van der Waals surface area contributed by atoms with Crippen LogP contribution in [0.2, 0.25) is 0 Å². The molecule has 1 aromatic rings. The Kier molecular flexibility index (Phi) is 4.40. The number of nitrogens with one attached hydrogen (secondary N) is 1. The Balaban J connectivity index is 2.52. The lowest BCUT2D eigenvalue weighted by Gasteiger charge is -2.25. The van der Waals surface area contributed by atoms with Crippen molar-refractivity contribution in [2.24, 2.45) is 11.0 Å². The quantitative estimate of drug-likeness (QED) is 0.357. The highest BCUT2D eigenvalue weighted by Gasteiger charge is 2.53. The molecule has 0 bridgehead atoms. The third-order valence-corrected chi connectivity index (χ3v) is 4.47. The molecule has 10 heteroatoms. The molecule has 1 fully saturated rings. The number of azide groups is 1. The minimum atomic E-state index is -1.55. The van der Waals surface area contributed by atoms with Gasteiger partial charge in [0.15, 0.2) is 18.1 Å². The van der Waals surface area contributed by atoms with Crippen molar-refractivity contribution in [1.82, 2.24) is 9.55 Å². The summed E-state index contributed by atoms with van der Waals surface area (Å²) in [5.74, 6) is -0.722. The fourth-order valence-corrected chi connectivity index (χ4v) is 2.84. The maximum Gasteiger partial charge on any atom is 0.330 e. The van der Waals surface area contributed by atoms with Crippen LogP contribution < -0.4 is 11.2 Å². The molecule has 1 aliphatic rings. The Hall–Kier alpha value is -1.39. The number of nitrogens with zero attached hydrogens (tertiary/aromatic N) is 4. The summed E-state index contributed by atoms with van der Waals surface area (Å²) in [4.78, 5) is 28.0. The molecule has 114 valence electrons. The summed E-state index contributed by atoms with van der Waals surface area (Å²) in [7, 11) is 0. The van der Waals surface area contributed by atoms with Gasteiger partial charge in [-0.25, -0.2) is 9.18 Å². The first kappa shape index (κ1) is 16.0. The molecule has 8 nitrogen and oxygen atoms in total. The Morgan fingerprint density at radius 1 is 1.67 bits per heavy atom. The number of aromatic nitrogens is 2. The molecule has 1 N–H and O–H groups in total. The van der Waals surface area contributed by atoms with E-state index in [4.69, 9.17) is 10.3 Å². The summed E-state index contributed by atoms with van der Waals surface area (Å²) in [5, 5.41) is 3.58. The van der Waals surface area contributed by atoms with E-state index in [1.165, 1.54) is 6.20 Å². The number of ether oxygens (including phenoxy) is 1. The first-order valence-corrected chi connectivity index (χ1v) is 7.33. The molecule has 2 heterocycles. The Morgan fingerprint density at radius 2 is 2.33 bits per heavy atom. The van der Waals surface area contributed by atoms with Gasteiger partial charge < -0.3 is 4.74 Å². The third kappa shape index (κ3) is 2.58. The van der Waals surface area contributed by atoms with Gasteiger partial charge in [0.2, 0.25) is 0 Å². The highest BCUT2D eigenvalue weighted by Crippen LogP contribution is 2.45. The largest absolute Gasteiger partial charge is 0.342 e. The molecule has 0 aliphatic carbocycles. The summed E-state index contributed by atoms with van der Waals surface area (Å²) >= 11 is 1.74. The minimum Gasteiger partial charge on any atom is -0.342 e. The van der Waals surface area contributed by atoms with Gasteiger partial charge in [0.05, 0.1) is 3.57 Å². The minimum absolute atomic E-state index is 0.230. The highest BCUT2D eigenvalue weighted by atomic mass is 127. The molecular weight excluding hydrogens is 396 g/mol.